The molecular formula is C23H27F2N5O3. The fourth-order valence-electron chi connectivity index (χ4n) is 3.71. The zero-order chi connectivity index (χ0) is 23.6. The van der Waals surface area contributed by atoms with Crippen LogP contribution in [0, 0.1) is 0 Å². The third-order valence-corrected chi connectivity index (χ3v) is 5.73. The average Bonchev–Trinajstić information content (AvgIpc) is 3.39. The number of carbonyl (C=O) groups excluding carboxylic acids is 1. The molecule has 1 amide bonds. The maximum atomic E-state index is 14.3. The van der Waals surface area contributed by atoms with Crippen molar-refractivity contribution in [3.8, 4) is 0 Å². The average molecular weight is 459 g/mol. The van der Waals surface area contributed by atoms with Gasteiger partial charge < -0.3 is 25.5 Å². The van der Waals surface area contributed by atoms with E-state index in [1.807, 2.05) is 6.07 Å². The van der Waals surface area contributed by atoms with E-state index in [0.29, 0.717) is 35.6 Å². The minimum atomic E-state index is -1.65. The summed E-state index contributed by atoms with van der Waals surface area (Å²) in [4.78, 5) is 21.1. The lowest BCUT2D eigenvalue weighted by Gasteiger charge is -2.23. The number of nitrogens with one attached hydrogen (secondary N) is 3. The van der Waals surface area contributed by atoms with Crippen LogP contribution in [0.4, 0.5) is 26.0 Å². The molecule has 8 nitrogen and oxygen atoms in total. The topological polar surface area (TPSA) is 112 Å². The number of nitrogens with zero attached hydrogens (tertiary/aromatic N) is 2. The van der Waals surface area contributed by atoms with Gasteiger partial charge >= 0.3 is 0 Å². The highest BCUT2D eigenvalue weighted by Crippen LogP contribution is 2.29. The summed E-state index contributed by atoms with van der Waals surface area (Å²) < 4.78 is 33.7. The van der Waals surface area contributed by atoms with E-state index in [4.69, 9.17) is 4.42 Å². The Labute approximate surface area is 189 Å². The molecule has 0 spiro atoms. The van der Waals surface area contributed by atoms with Gasteiger partial charge in [0, 0.05) is 24.0 Å². The fourth-order valence-corrected chi connectivity index (χ4v) is 3.71. The summed E-state index contributed by atoms with van der Waals surface area (Å²) in [5, 5.41) is 18.5. The molecule has 33 heavy (non-hydrogen) atoms. The molecule has 3 aromatic rings. The minimum absolute atomic E-state index is 0.160. The molecule has 1 aliphatic rings. The number of hydrogen-bond acceptors (Lipinski definition) is 7. The maximum absolute atomic E-state index is 14.3. The first kappa shape index (κ1) is 22.9. The van der Waals surface area contributed by atoms with Gasteiger partial charge in [-0.2, -0.15) is 0 Å². The predicted octanol–water partition coefficient (Wildman–Crippen LogP) is 4.11. The first-order valence-corrected chi connectivity index (χ1v) is 10.9. The molecule has 176 valence electrons. The Hall–Kier alpha value is -3.27. The Morgan fingerprint density at radius 2 is 2.12 bits per heavy atom. The number of carbonyl (C=O) groups is 1. The van der Waals surface area contributed by atoms with E-state index < -0.39 is 29.9 Å². The Bertz CT molecular complexity index is 1130. The SMILES string of the molecule is CC(C)(O)C(F)CNC(=O)c1cnc(Nc2ccc3ncoc3c2)cc1NC1CCCC1F. The highest BCUT2D eigenvalue weighted by atomic mass is 19.1. The summed E-state index contributed by atoms with van der Waals surface area (Å²) in [5.74, 6) is -0.138. The molecule has 4 N–H and O–H groups in total. The van der Waals surface area contributed by atoms with Crippen molar-refractivity contribution in [1.82, 2.24) is 15.3 Å². The third-order valence-electron chi connectivity index (χ3n) is 5.73. The van der Waals surface area contributed by atoms with E-state index in [2.05, 4.69) is 25.9 Å². The van der Waals surface area contributed by atoms with Gasteiger partial charge in [-0.1, -0.05) is 0 Å². The van der Waals surface area contributed by atoms with Gasteiger partial charge in [-0.05, 0) is 45.2 Å². The van der Waals surface area contributed by atoms with Gasteiger partial charge in [-0.25, -0.2) is 18.7 Å². The first-order chi connectivity index (χ1) is 15.7. The molecular weight excluding hydrogens is 432 g/mol. The molecule has 4 rings (SSSR count). The Morgan fingerprint density at radius 3 is 2.85 bits per heavy atom. The van der Waals surface area contributed by atoms with Crippen LogP contribution in [-0.2, 0) is 0 Å². The fraction of sp³-hybridized carbons (Fsp3) is 0.435. The highest BCUT2D eigenvalue weighted by Gasteiger charge is 2.29. The highest BCUT2D eigenvalue weighted by molar-refractivity contribution is 6.00. The molecule has 10 heteroatoms. The second-order valence-electron chi connectivity index (χ2n) is 8.80. The number of rotatable bonds is 8. The summed E-state index contributed by atoms with van der Waals surface area (Å²) >= 11 is 0. The zero-order valence-corrected chi connectivity index (χ0v) is 18.4. The number of benzene rings is 1. The lowest BCUT2D eigenvalue weighted by Crippen LogP contribution is -2.42. The van der Waals surface area contributed by atoms with Gasteiger partial charge in [0.2, 0.25) is 0 Å². The van der Waals surface area contributed by atoms with Crippen LogP contribution < -0.4 is 16.0 Å². The van der Waals surface area contributed by atoms with Crippen molar-refractivity contribution in [1.29, 1.82) is 0 Å². The second-order valence-corrected chi connectivity index (χ2v) is 8.80. The van der Waals surface area contributed by atoms with Gasteiger partial charge in [0.25, 0.3) is 5.91 Å². The van der Waals surface area contributed by atoms with Crippen LogP contribution in [0.2, 0.25) is 0 Å². The van der Waals surface area contributed by atoms with Crippen LogP contribution in [0.1, 0.15) is 43.5 Å². The van der Waals surface area contributed by atoms with E-state index >= 15 is 0 Å². The molecule has 0 bridgehead atoms. The molecule has 1 aromatic carbocycles. The Kier molecular flexibility index (Phi) is 6.46. The van der Waals surface area contributed by atoms with Crippen LogP contribution >= 0.6 is 0 Å². The van der Waals surface area contributed by atoms with Crippen LogP contribution in [0.25, 0.3) is 11.1 Å². The molecule has 0 saturated heterocycles. The number of halogens is 2. The summed E-state index contributed by atoms with van der Waals surface area (Å²) in [7, 11) is 0. The number of pyridine rings is 1. The zero-order valence-electron chi connectivity index (χ0n) is 18.4. The van der Waals surface area contributed by atoms with Crippen molar-refractivity contribution in [3.63, 3.8) is 0 Å². The molecule has 3 unspecified atom stereocenters. The number of alkyl halides is 2. The largest absolute Gasteiger partial charge is 0.443 e. The number of anilines is 3. The van der Waals surface area contributed by atoms with Crippen LogP contribution in [0.3, 0.4) is 0 Å². The summed E-state index contributed by atoms with van der Waals surface area (Å²) in [6, 6.07) is 6.57. The molecule has 3 atom stereocenters. The number of hydrogen-bond donors (Lipinski definition) is 4. The molecule has 1 fully saturated rings. The van der Waals surface area contributed by atoms with Gasteiger partial charge in [-0.15, -0.1) is 0 Å². The standard InChI is InChI=1S/C23H27F2N5O3/c1-23(2,32)20(25)11-27-22(31)14-10-26-21(9-18(14)30-16-5-3-4-15(16)24)29-13-6-7-17-19(8-13)33-12-28-17/h6-10,12,15-16,20,32H,3-5,11H2,1-2H3,(H,27,31)(H2,26,29,30). The molecule has 2 heterocycles. The van der Waals surface area contributed by atoms with Crippen molar-refractivity contribution in [2.45, 2.75) is 57.1 Å². The number of amides is 1. The number of aliphatic hydroxyl groups is 1. The second kappa shape index (κ2) is 9.30. The molecule has 1 saturated carbocycles. The van der Waals surface area contributed by atoms with Crippen LogP contribution in [0.5, 0.6) is 0 Å². The smallest absolute Gasteiger partial charge is 0.255 e. The van der Waals surface area contributed by atoms with Gasteiger partial charge in [0.1, 0.15) is 23.7 Å². The summed E-state index contributed by atoms with van der Waals surface area (Å²) in [5.41, 5.74) is 0.983. The van der Waals surface area contributed by atoms with Crippen molar-refractivity contribution < 1.29 is 23.1 Å². The van der Waals surface area contributed by atoms with Crippen LogP contribution in [0.15, 0.2) is 41.3 Å². The number of aromatic nitrogens is 2. The van der Waals surface area contributed by atoms with Gasteiger partial charge in [0.15, 0.2) is 12.0 Å². The summed E-state index contributed by atoms with van der Waals surface area (Å²) in [6.07, 6.45) is 1.89. The van der Waals surface area contributed by atoms with Crippen molar-refractivity contribution in [2.75, 3.05) is 17.2 Å². The number of fused-ring (bicyclic) bond motifs is 1. The monoisotopic (exact) mass is 459 g/mol. The maximum Gasteiger partial charge on any atom is 0.255 e. The van der Waals surface area contributed by atoms with E-state index in [-0.39, 0.29) is 12.1 Å². The normalized spacial score (nSPS) is 19.4. The van der Waals surface area contributed by atoms with Crippen molar-refractivity contribution >= 4 is 34.2 Å². The lowest BCUT2D eigenvalue weighted by molar-refractivity contribution is -0.00177. The third kappa shape index (κ3) is 5.39. The molecule has 0 aliphatic heterocycles. The molecule has 0 radical (unpaired) electrons. The Balaban J connectivity index is 1.56. The molecule has 2 aromatic heterocycles. The van der Waals surface area contributed by atoms with E-state index in [1.165, 1.54) is 26.4 Å². The quantitative estimate of drug-likeness (QED) is 0.401. The van der Waals surface area contributed by atoms with Crippen molar-refractivity contribution in [2.24, 2.45) is 0 Å². The predicted molar refractivity (Wildman–Crippen MR) is 121 cm³/mol. The van der Waals surface area contributed by atoms with Crippen molar-refractivity contribution in [3.05, 3.63) is 42.4 Å². The summed E-state index contributed by atoms with van der Waals surface area (Å²) in [6.45, 7) is 2.29. The first-order valence-electron chi connectivity index (χ1n) is 10.9. The number of oxazole rings is 1. The molecule has 1 aliphatic carbocycles. The van der Waals surface area contributed by atoms with Crippen LogP contribution in [-0.4, -0.2) is 51.5 Å². The van der Waals surface area contributed by atoms with Gasteiger partial charge in [0.05, 0.1) is 29.4 Å². The van der Waals surface area contributed by atoms with E-state index in [0.717, 1.165) is 11.9 Å². The Morgan fingerprint density at radius 1 is 1.30 bits per heavy atom. The minimum Gasteiger partial charge on any atom is -0.443 e. The lowest BCUT2D eigenvalue weighted by atomic mass is 10.0. The van der Waals surface area contributed by atoms with Gasteiger partial charge in [-0.3, -0.25) is 4.79 Å². The van der Waals surface area contributed by atoms with E-state index in [1.54, 1.807) is 18.2 Å². The van der Waals surface area contributed by atoms with E-state index in [9.17, 15) is 18.7 Å².